The summed E-state index contributed by atoms with van der Waals surface area (Å²) in [5.74, 6) is -0.613. The molecule has 0 aliphatic heterocycles. The quantitative estimate of drug-likeness (QED) is 0.583. The van der Waals surface area contributed by atoms with Crippen molar-refractivity contribution < 1.29 is 27.1 Å². The van der Waals surface area contributed by atoms with Crippen LogP contribution in [0.4, 0.5) is 10.1 Å². The average molecular weight is 459 g/mol. The van der Waals surface area contributed by atoms with Crippen molar-refractivity contribution in [2.24, 2.45) is 0 Å². The zero-order valence-electron chi connectivity index (χ0n) is 16.9. The smallest absolute Gasteiger partial charge is 0.262 e. The lowest BCUT2D eigenvalue weighted by Gasteiger charge is -2.20. The number of carbonyl (C=O) groups is 1. The van der Waals surface area contributed by atoms with Crippen LogP contribution >= 0.6 is 11.6 Å². The lowest BCUT2D eigenvalue weighted by molar-refractivity contribution is -0.118. The van der Waals surface area contributed by atoms with E-state index in [2.05, 4.69) is 5.32 Å². The first-order valence-corrected chi connectivity index (χ1v) is 11.2. The summed E-state index contributed by atoms with van der Waals surface area (Å²) >= 11 is 5.88. The molecule has 0 fully saturated rings. The van der Waals surface area contributed by atoms with Crippen LogP contribution in [-0.2, 0) is 14.8 Å². The number of ether oxygens (including phenoxy) is 2. The zero-order chi connectivity index (χ0) is 22.3. The third kappa shape index (κ3) is 5.84. The van der Waals surface area contributed by atoms with E-state index in [0.717, 1.165) is 12.1 Å². The van der Waals surface area contributed by atoms with Crippen molar-refractivity contribution in [2.75, 3.05) is 31.6 Å². The summed E-state index contributed by atoms with van der Waals surface area (Å²) in [6, 6.07) is 7.82. The summed E-state index contributed by atoms with van der Waals surface area (Å²) in [5, 5.41) is 2.63. The van der Waals surface area contributed by atoms with Gasteiger partial charge in [0.2, 0.25) is 10.0 Å². The highest BCUT2D eigenvalue weighted by Gasteiger charge is 2.23. The lowest BCUT2D eigenvalue weighted by atomic mass is 10.3. The molecule has 0 atom stereocenters. The Kier molecular flexibility index (Phi) is 8.45. The molecule has 0 unspecified atom stereocenters. The number of amides is 1. The molecule has 7 nitrogen and oxygen atoms in total. The van der Waals surface area contributed by atoms with Crippen LogP contribution in [-0.4, -0.2) is 44.9 Å². The Hall–Kier alpha value is -2.36. The van der Waals surface area contributed by atoms with Gasteiger partial charge in [-0.25, -0.2) is 12.8 Å². The maximum atomic E-state index is 13.1. The first kappa shape index (κ1) is 23.9. The Labute approximate surface area is 180 Å². The summed E-state index contributed by atoms with van der Waals surface area (Å²) in [6.45, 7) is 5.81. The van der Waals surface area contributed by atoms with Crippen molar-refractivity contribution in [1.82, 2.24) is 4.31 Å². The van der Waals surface area contributed by atoms with Crippen LogP contribution < -0.4 is 14.8 Å². The number of halogens is 2. The first-order chi connectivity index (χ1) is 14.2. The Morgan fingerprint density at radius 1 is 1.07 bits per heavy atom. The number of carbonyl (C=O) groups excluding carboxylic acids is 1. The molecule has 2 aromatic rings. The summed E-state index contributed by atoms with van der Waals surface area (Å²) in [5.41, 5.74) is 0.198. The predicted molar refractivity (Wildman–Crippen MR) is 113 cm³/mol. The van der Waals surface area contributed by atoms with Gasteiger partial charge in [0.15, 0.2) is 6.61 Å². The van der Waals surface area contributed by atoms with E-state index in [1.54, 1.807) is 20.8 Å². The number of benzene rings is 2. The molecule has 0 saturated heterocycles. The Morgan fingerprint density at radius 2 is 1.73 bits per heavy atom. The van der Waals surface area contributed by atoms with Crippen molar-refractivity contribution in [2.45, 2.75) is 25.7 Å². The summed E-state index contributed by atoms with van der Waals surface area (Å²) in [4.78, 5) is 12.4. The molecule has 0 saturated carbocycles. The fraction of sp³-hybridized carbons (Fsp3) is 0.350. The number of anilines is 1. The van der Waals surface area contributed by atoms with E-state index in [1.165, 1.54) is 28.6 Å². The average Bonchev–Trinajstić information content (AvgIpc) is 2.69. The minimum atomic E-state index is -3.71. The number of nitrogens with zero attached hydrogens (tertiary/aromatic N) is 1. The summed E-state index contributed by atoms with van der Waals surface area (Å²) in [7, 11) is -3.71. The molecule has 10 heteroatoms. The van der Waals surface area contributed by atoms with Crippen molar-refractivity contribution in [1.29, 1.82) is 0 Å². The molecular weight excluding hydrogens is 435 g/mol. The van der Waals surface area contributed by atoms with Gasteiger partial charge in [-0.1, -0.05) is 25.4 Å². The third-order valence-electron chi connectivity index (χ3n) is 4.12. The molecule has 30 heavy (non-hydrogen) atoms. The standard InChI is InChI=1S/C20H24ClFN2O5S/c1-4-24(5-2)30(26,27)15-8-10-19(28-6-3)17(12-15)23-20(25)13-29-18-9-7-14(22)11-16(18)21/h7-12H,4-6,13H2,1-3H3,(H,23,25). The van der Waals surface area contributed by atoms with Crippen molar-refractivity contribution in [3.63, 3.8) is 0 Å². The van der Waals surface area contributed by atoms with Crippen LogP contribution in [0.3, 0.4) is 0 Å². The molecular formula is C20H24ClFN2O5S. The van der Waals surface area contributed by atoms with Gasteiger partial charge in [0.1, 0.15) is 17.3 Å². The zero-order valence-corrected chi connectivity index (χ0v) is 18.5. The molecule has 0 spiro atoms. The SMILES string of the molecule is CCOc1ccc(S(=O)(=O)N(CC)CC)cc1NC(=O)COc1ccc(F)cc1Cl. The topological polar surface area (TPSA) is 84.9 Å². The van der Waals surface area contributed by atoms with Gasteiger partial charge in [-0.05, 0) is 43.3 Å². The second-order valence-corrected chi connectivity index (χ2v) is 8.44. The summed E-state index contributed by atoms with van der Waals surface area (Å²) < 4.78 is 50.8. The first-order valence-electron chi connectivity index (χ1n) is 9.37. The molecule has 0 bridgehead atoms. The van der Waals surface area contributed by atoms with E-state index in [0.29, 0.717) is 25.4 Å². The van der Waals surface area contributed by atoms with Crippen LogP contribution in [0.2, 0.25) is 5.02 Å². The minimum absolute atomic E-state index is 0.0325. The monoisotopic (exact) mass is 458 g/mol. The molecule has 1 N–H and O–H groups in total. The molecule has 0 aliphatic carbocycles. The van der Waals surface area contributed by atoms with E-state index in [-0.39, 0.29) is 21.4 Å². The maximum absolute atomic E-state index is 13.1. The highest BCUT2D eigenvalue weighted by molar-refractivity contribution is 7.89. The second-order valence-electron chi connectivity index (χ2n) is 6.09. The number of sulfonamides is 1. The molecule has 1 amide bonds. The van der Waals surface area contributed by atoms with E-state index < -0.39 is 28.4 Å². The molecule has 164 valence electrons. The number of rotatable bonds is 10. The predicted octanol–water partition coefficient (Wildman–Crippen LogP) is 3.93. The molecule has 0 aliphatic rings. The largest absolute Gasteiger partial charge is 0.492 e. The van der Waals surface area contributed by atoms with E-state index in [9.17, 15) is 17.6 Å². The maximum Gasteiger partial charge on any atom is 0.262 e. The highest BCUT2D eigenvalue weighted by Crippen LogP contribution is 2.30. The molecule has 0 radical (unpaired) electrons. The Morgan fingerprint density at radius 3 is 2.33 bits per heavy atom. The molecule has 0 aromatic heterocycles. The van der Waals surface area contributed by atoms with E-state index >= 15 is 0 Å². The number of hydrogen-bond acceptors (Lipinski definition) is 5. The second kappa shape index (κ2) is 10.6. The van der Waals surface area contributed by atoms with Gasteiger partial charge in [0.25, 0.3) is 5.91 Å². The normalized spacial score (nSPS) is 11.4. The fourth-order valence-electron chi connectivity index (χ4n) is 2.68. The van der Waals surface area contributed by atoms with Gasteiger partial charge in [-0.3, -0.25) is 4.79 Å². The van der Waals surface area contributed by atoms with Gasteiger partial charge in [-0.15, -0.1) is 0 Å². The number of nitrogens with one attached hydrogen (secondary N) is 1. The van der Waals surface area contributed by atoms with E-state index in [4.69, 9.17) is 21.1 Å². The van der Waals surface area contributed by atoms with E-state index in [1.807, 2.05) is 0 Å². The molecule has 2 aromatic carbocycles. The van der Waals surface area contributed by atoms with Crippen LogP contribution in [0.25, 0.3) is 0 Å². The van der Waals surface area contributed by atoms with Crippen LogP contribution in [0.15, 0.2) is 41.3 Å². The van der Waals surface area contributed by atoms with Gasteiger partial charge >= 0.3 is 0 Å². The third-order valence-corrected chi connectivity index (χ3v) is 6.46. The Balaban J connectivity index is 2.22. The van der Waals surface area contributed by atoms with Gasteiger partial charge in [0, 0.05) is 13.1 Å². The van der Waals surface area contributed by atoms with Gasteiger partial charge < -0.3 is 14.8 Å². The van der Waals surface area contributed by atoms with Crippen molar-refractivity contribution >= 4 is 33.2 Å². The molecule has 2 rings (SSSR count). The van der Waals surface area contributed by atoms with Crippen LogP contribution in [0, 0.1) is 5.82 Å². The van der Waals surface area contributed by atoms with Crippen molar-refractivity contribution in [3.8, 4) is 11.5 Å². The minimum Gasteiger partial charge on any atom is -0.492 e. The van der Waals surface area contributed by atoms with Crippen LogP contribution in [0.5, 0.6) is 11.5 Å². The van der Waals surface area contributed by atoms with Crippen molar-refractivity contribution in [3.05, 3.63) is 47.2 Å². The van der Waals surface area contributed by atoms with Gasteiger partial charge in [-0.2, -0.15) is 4.31 Å². The highest BCUT2D eigenvalue weighted by atomic mass is 35.5. The lowest BCUT2D eigenvalue weighted by Crippen LogP contribution is -2.30. The summed E-state index contributed by atoms with van der Waals surface area (Å²) in [6.07, 6.45) is 0. The molecule has 0 heterocycles. The number of hydrogen-bond donors (Lipinski definition) is 1. The van der Waals surface area contributed by atoms with Gasteiger partial charge in [0.05, 0.1) is 22.2 Å². The Bertz CT molecular complexity index is 997. The van der Waals surface area contributed by atoms with Crippen LogP contribution in [0.1, 0.15) is 20.8 Å². The fourth-order valence-corrected chi connectivity index (χ4v) is 4.39.